The third-order valence-electron chi connectivity index (χ3n) is 4.72. The molecule has 3 N–H and O–H groups in total. The maximum atomic E-state index is 5.82. The van der Waals surface area contributed by atoms with Crippen molar-refractivity contribution in [1.29, 1.82) is 0 Å². The minimum atomic E-state index is 0.409. The molecule has 0 aliphatic heterocycles. The van der Waals surface area contributed by atoms with Crippen LogP contribution in [-0.2, 0) is 6.42 Å². The van der Waals surface area contributed by atoms with E-state index in [4.69, 9.17) is 5.84 Å². The molecule has 0 heterocycles. The lowest BCUT2D eigenvalue weighted by molar-refractivity contribution is 0.213. The summed E-state index contributed by atoms with van der Waals surface area (Å²) >= 11 is 3.54. The topological polar surface area (TPSA) is 38.0 Å². The summed E-state index contributed by atoms with van der Waals surface area (Å²) in [5.74, 6) is 7.51. The maximum Gasteiger partial charge on any atom is 0.0279 e. The van der Waals surface area contributed by atoms with Gasteiger partial charge in [-0.3, -0.25) is 11.3 Å². The van der Waals surface area contributed by atoms with Crippen LogP contribution in [-0.4, -0.2) is 6.04 Å². The van der Waals surface area contributed by atoms with E-state index in [-0.39, 0.29) is 0 Å². The molecule has 0 spiro atoms. The van der Waals surface area contributed by atoms with Gasteiger partial charge in [-0.15, -0.1) is 0 Å². The second-order valence-electron chi connectivity index (χ2n) is 6.18. The molecule has 1 aliphatic carbocycles. The summed E-state index contributed by atoms with van der Waals surface area (Å²) in [7, 11) is 0. The minimum Gasteiger partial charge on any atom is -0.271 e. The molecule has 1 aliphatic rings. The van der Waals surface area contributed by atoms with Crippen LogP contribution < -0.4 is 11.3 Å². The van der Waals surface area contributed by atoms with Crippen molar-refractivity contribution in [2.75, 3.05) is 0 Å². The molecule has 1 aromatic carbocycles. The molecule has 1 saturated carbocycles. The van der Waals surface area contributed by atoms with Gasteiger partial charge >= 0.3 is 0 Å². The van der Waals surface area contributed by atoms with Crippen LogP contribution in [0, 0.1) is 11.8 Å². The van der Waals surface area contributed by atoms with E-state index in [1.54, 1.807) is 0 Å². The summed E-state index contributed by atoms with van der Waals surface area (Å²) in [6.07, 6.45) is 9.18. The largest absolute Gasteiger partial charge is 0.271 e. The highest BCUT2D eigenvalue weighted by Crippen LogP contribution is 2.34. The molecule has 1 atom stereocenters. The van der Waals surface area contributed by atoms with Crippen LogP contribution in [0.1, 0.15) is 51.0 Å². The Labute approximate surface area is 131 Å². The fourth-order valence-corrected chi connectivity index (χ4v) is 4.01. The van der Waals surface area contributed by atoms with Gasteiger partial charge in [-0.25, -0.2) is 0 Å². The molecule has 2 nitrogen and oxygen atoms in total. The molecule has 0 bridgehead atoms. The number of hydrazine groups is 1. The van der Waals surface area contributed by atoms with Crippen LogP contribution in [0.5, 0.6) is 0 Å². The van der Waals surface area contributed by atoms with Crippen molar-refractivity contribution in [2.24, 2.45) is 17.7 Å². The number of rotatable bonds is 6. The molecule has 3 heteroatoms. The first kappa shape index (κ1) is 16.0. The van der Waals surface area contributed by atoms with Gasteiger partial charge in [-0.1, -0.05) is 60.7 Å². The number of hydrogen-bond acceptors (Lipinski definition) is 2. The highest BCUT2D eigenvalue weighted by molar-refractivity contribution is 9.10. The number of benzene rings is 1. The van der Waals surface area contributed by atoms with Gasteiger partial charge in [0.15, 0.2) is 0 Å². The Hall–Kier alpha value is -0.380. The molecule has 0 saturated heterocycles. The first-order chi connectivity index (χ1) is 9.72. The molecule has 0 radical (unpaired) electrons. The summed E-state index contributed by atoms with van der Waals surface area (Å²) in [6.45, 7) is 2.30. The first-order valence-electron chi connectivity index (χ1n) is 7.93. The average molecular weight is 339 g/mol. The number of nitrogens with one attached hydrogen (secondary N) is 1. The Morgan fingerprint density at radius 2 is 2.05 bits per heavy atom. The monoisotopic (exact) mass is 338 g/mol. The quantitative estimate of drug-likeness (QED) is 0.594. The third-order valence-corrected chi connectivity index (χ3v) is 5.21. The van der Waals surface area contributed by atoms with Gasteiger partial charge in [-0.05, 0) is 48.8 Å². The lowest BCUT2D eigenvalue weighted by Gasteiger charge is -2.33. The summed E-state index contributed by atoms with van der Waals surface area (Å²) < 4.78 is 1.15. The number of halogens is 1. The predicted molar refractivity (Wildman–Crippen MR) is 89.3 cm³/mol. The SMILES string of the molecule is CCCC1CCC(C(Cc2cccc(Br)c2)NN)CC1. The van der Waals surface area contributed by atoms with Crippen LogP contribution in [0.2, 0.25) is 0 Å². The van der Waals surface area contributed by atoms with Crippen molar-refractivity contribution in [3.63, 3.8) is 0 Å². The summed E-state index contributed by atoms with van der Waals surface area (Å²) in [4.78, 5) is 0. The fourth-order valence-electron chi connectivity index (χ4n) is 3.57. The number of nitrogens with two attached hydrogens (primary N) is 1. The molecular weight excluding hydrogens is 312 g/mol. The Bertz CT molecular complexity index is 400. The molecule has 2 rings (SSSR count). The average Bonchev–Trinajstić information content (AvgIpc) is 2.46. The van der Waals surface area contributed by atoms with Gasteiger partial charge in [-0.2, -0.15) is 0 Å². The summed E-state index contributed by atoms with van der Waals surface area (Å²) in [6, 6.07) is 8.98. The predicted octanol–water partition coefficient (Wildman–Crippen LogP) is 4.43. The van der Waals surface area contributed by atoms with Gasteiger partial charge < -0.3 is 0 Å². The van der Waals surface area contributed by atoms with Gasteiger partial charge in [0.1, 0.15) is 0 Å². The van der Waals surface area contributed by atoms with Crippen LogP contribution in [0.15, 0.2) is 28.7 Å². The second kappa shape index (κ2) is 8.16. The zero-order chi connectivity index (χ0) is 14.4. The smallest absolute Gasteiger partial charge is 0.0279 e. The lowest BCUT2D eigenvalue weighted by Crippen LogP contribution is -2.43. The van der Waals surface area contributed by atoms with E-state index in [1.807, 2.05) is 0 Å². The Balaban J connectivity index is 1.89. The lowest BCUT2D eigenvalue weighted by atomic mass is 9.76. The van der Waals surface area contributed by atoms with Gasteiger partial charge in [0.2, 0.25) is 0 Å². The van der Waals surface area contributed by atoms with Gasteiger partial charge in [0.25, 0.3) is 0 Å². The van der Waals surface area contributed by atoms with E-state index in [1.165, 1.54) is 44.1 Å². The Kier molecular flexibility index (Phi) is 6.53. The molecule has 112 valence electrons. The van der Waals surface area contributed by atoms with Crippen LogP contribution in [0.4, 0.5) is 0 Å². The van der Waals surface area contributed by atoms with Crippen molar-refractivity contribution < 1.29 is 0 Å². The van der Waals surface area contributed by atoms with Crippen LogP contribution in [0.3, 0.4) is 0 Å². The highest BCUT2D eigenvalue weighted by atomic mass is 79.9. The molecule has 1 aromatic rings. The van der Waals surface area contributed by atoms with Crippen LogP contribution in [0.25, 0.3) is 0 Å². The zero-order valence-electron chi connectivity index (χ0n) is 12.4. The van der Waals surface area contributed by atoms with E-state index in [9.17, 15) is 0 Å². The summed E-state index contributed by atoms with van der Waals surface area (Å²) in [5.41, 5.74) is 4.43. The highest BCUT2D eigenvalue weighted by Gasteiger charge is 2.26. The normalized spacial score (nSPS) is 24.6. The van der Waals surface area contributed by atoms with Crippen molar-refractivity contribution in [3.05, 3.63) is 34.3 Å². The van der Waals surface area contributed by atoms with Crippen molar-refractivity contribution in [2.45, 2.75) is 57.9 Å². The zero-order valence-corrected chi connectivity index (χ0v) is 14.0. The van der Waals surface area contributed by atoms with E-state index in [2.05, 4.69) is 52.5 Å². The number of hydrogen-bond donors (Lipinski definition) is 2. The molecule has 0 aromatic heterocycles. The molecule has 1 unspecified atom stereocenters. The van der Waals surface area contributed by atoms with Gasteiger partial charge in [0.05, 0.1) is 0 Å². The Morgan fingerprint density at radius 1 is 1.30 bits per heavy atom. The molecule has 1 fully saturated rings. The second-order valence-corrected chi connectivity index (χ2v) is 7.09. The van der Waals surface area contributed by atoms with E-state index >= 15 is 0 Å². The molecule has 20 heavy (non-hydrogen) atoms. The molecule has 0 amide bonds. The van der Waals surface area contributed by atoms with Crippen molar-refractivity contribution in [1.82, 2.24) is 5.43 Å². The standard InChI is InChI=1S/C17H27BrN2/c1-2-4-13-7-9-15(10-8-13)17(20-19)12-14-5-3-6-16(18)11-14/h3,5-6,11,13,15,17,20H,2,4,7-10,12,19H2,1H3. The minimum absolute atomic E-state index is 0.409. The fraction of sp³-hybridized carbons (Fsp3) is 0.647. The van der Waals surface area contributed by atoms with E-state index < -0.39 is 0 Å². The maximum absolute atomic E-state index is 5.82. The van der Waals surface area contributed by atoms with Crippen LogP contribution >= 0.6 is 15.9 Å². The van der Waals surface area contributed by atoms with Gasteiger partial charge in [0, 0.05) is 10.5 Å². The first-order valence-corrected chi connectivity index (χ1v) is 8.72. The van der Waals surface area contributed by atoms with Crippen molar-refractivity contribution >= 4 is 15.9 Å². The summed E-state index contributed by atoms with van der Waals surface area (Å²) in [5, 5.41) is 0. The van der Waals surface area contributed by atoms with Crippen molar-refractivity contribution in [3.8, 4) is 0 Å². The third kappa shape index (κ3) is 4.57. The molecular formula is C17H27BrN2. The van der Waals surface area contributed by atoms with E-state index in [0.29, 0.717) is 6.04 Å². The van der Waals surface area contributed by atoms with E-state index in [0.717, 1.165) is 22.7 Å². The Morgan fingerprint density at radius 3 is 2.65 bits per heavy atom.